The van der Waals surface area contributed by atoms with Crippen LogP contribution in [0.15, 0.2) is 24.5 Å². The predicted octanol–water partition coefficient (Wildman–Crippen LogP) is 1.48. The molecule has 21 heavy (non-hydrogen) atoms. The lowest BCUT2D eigenvalue weighted by Gasteiger charge is -2.09. The van der Waals surface area contributed by atoms with Gasteiger partial charge in [0.25, 0.3) is 5.69 Å². The van der Waals surface area contributed by atoms with E-state index in [-0.39, 0.29) is 23.6 Å². The standard InChI is InChI=1S/C12H12N4O5/c1-2-15-11(13-7-14-15)6-21-10-4-3-8(16(19)20)5-9(10)12(17)18/h3-5,7H,2,6H2,1H3,(H,17,18). The van der Waals surface area contributed by atoms with Crippen LogP contribution in [-0.4, -0.2) is 30.8 Å². The van der Waals surface area contributed by atoms with Crippen LogP contribution in [0.2, 0.25) is 0 Å². The number of nitrogens with zero attached hydrogens (tertiary/aromatic N) is 4. The third kappa shape index (κ3) is 3.14. The first-order chi connectivity index (χ1) is 10.0. The van der Waals surface area contributed by atoms with E-state index in [1.165, 1.54) is 18.5 Å². The monoisotopic (exact) mass is 292 g/mol. The molecular weight excluding hydrogens is 280 g/mol. The number of aryl methyl sites for hydroxylation is 1. The van der Waals surface area contributed by atoms with Gasteiger partial charge in [0.2, 0.25) is 0 Å². The first-order valence-electron chi connectivity index (χ1n) is 6.04. The Bertz CT molecular complexity index is 682. The van der Waals surface area contributed by atoms with E-state index in [4.69, 9.17) is 9.84 Å². The van der Waals surface area contributed by atoms with Crippen LogP contribution in [0.25, 0.3) is 0 Å². The van der Waals surface area contributed by atoms with Gasteiger partial charge in [0.15, 0.2) is 5.82 Å². The SMILES string of the molecule is CCn1ncnc1COc1ccc([N+](=O)[O-])cc1C(=O)O. The molecule has 1 aromatic carbocycles. The molecule has 0 aliphatic heterocycles. The van der Waals surface area contributed by atoms with Crippen molar-refractivity contribution < 1.29 is 19.6 Å². The summed E-state index contributed by atoms with van der Waals surface area (Å²) in [5, 5.41) is 23.7. The van der Waals surface area contributed by atoms with Crippen LogP contribution in [0, 0.1) is 10.1 Å². The molecule has 110 valence electrons. The third-order valence-electron chi connectivity index (χ3n) is 2.76. The van der Waals surface area contributed by atoms with Gasteiger partial charge in [-0.05, 0) is 13.0 Å². The van der Waals surface area contributed by atoms with E-state index < -0.39 is 10.9 Å². The Morgan fingerprint density at radius 2 is 2.29 bits per heavy atom. The van der Waals surface area contributed by atoms with Gasteiger partial charge in [-0.3, -0.25) is 10.1 Å². The van der Waals surface area contributed by atoms with Gasteiger partial charge in [-0.1, -0.05) is 0 Å². The maximum atomic E-state index is 11.1. The van der Waals surface area contributed by atoms with Crippen LogP contribution in [0.3, 0.4) is 0 Å². The van der Waals surface area contributed by atoms with Crippen molar-refractivity contribution in [2.45, 2.75) is 20.1 Å². The summed E-state index contributed by atoms with van der Waals surface area (Å²) < 4.78 is 7.00. The van der Waals surface area contributed by atoms with Crippen molar-refractivity contribution in [2.75, 3.05) is 0 Å². The highest BCUT2D eigenvalue weighted by atomic mass is 16.6. The molecule has 0 aliphatic carbocycles. The summed E-state index contributed by atoms with van der Waals surface area (Å²) in [5.41, 5.74) is -0.580. The summed E-state index contributed by atoms with van der Waals surface area (Å²) in [6, 6.07) is 3.41. The largest absolute Gasteiger partial charge is 0.485 e. The van der Waals surface area contributed by atoms with Crippen molar-refractivity contribution in [3.8, 4) is 5.75 Å². The smallest absolute Gasteiger partial charge is 0.339 e. The van der Waals surface area contributed by atoms with E-state index in [1.807, 2.05) is 6.92 Å². The van der Waals surface area contributed by atoms with Crippen molar-refractivity contribution in [1.29, 1.82) is 0 Å². The number of carboxylic acids is 1. The second-order valence-corrected chi connectivity index (χ2v) is 4.02. The first kappa shape index (κ1) is 14.4. The molecule has 1 heterocycles. The molecule has 1 aromatic heterocycles. The Labute approximate surface area is 118 Å². The number of hydrogen-bond acceptors (Lipinski definition) is 6. The highest BCUT2D eigenvalue weighted by Crippen LogP contribution is 2.24. The average molecular weight is 292 g/mol. The van der Waals surface area contributed by atoms with E-state index in [0.717, 1.165) is 6.07 Å². The molecule has 0 radical (unpaired) electrons. The Morgan fingerprint density at radius 3 is 2.90 bits per heavy atom. The number of carboxylic acid groups (broad SMARTS) is 1. The zero-order valence-electron chi connectivity index (χ0n) is 11.1. The van der Waals surface area contributed by atoms with Crippen molar-refractivity contribution in [3.63, 3.8) is 0 Å². The molecule has 0 saturated carbocycles. The van der Waals surface area contributed by atoms with E-state index in [0.29, 0.717) is 12.4 Å². The van der Waals surface area contributed by atoms with Gasteiger partial charge >= 0.3 is 5.97 Å². The Balaban J connectivity index is 2.23. The predicted molar refractivity (Wildman–Crippen MR) is 70.1 cm³/mol. The number of hydrogen-bond donors (Lipinski definition) is 1. The molecule has 0 unspecified atom stereocenters. The molecule has 0 saturated heterocycles. The number of carbonyl (C=O) groups is 1. The summed E-state index contributed by atoms with van der Waals surface area (Å²) in [7, 11) is 0. The fourth-order valence-corrected chi connectivity index (χ4v) is 1.73. The minimum atomic E-state index is -1.30. The fourth-order valence-electron chi connectivity index (χ4n) is 1.73. The molecule has 0 spiro atoms. The zero-order valence-corrected chi connectivity index (χ0v) is 11.1. The van der Waals surface area contributed by atoms with Gasteiger partial charge in [-0.15, -0.1) is 0 Å². The molecule has 9 nitrogen and oxygen atoms in total. The van der Waals surface area contributed by atoms with Crippen LogP contribution in [-0.2, 0) is 13.2 Å². The average Bonchev–Trinajstić information content (AvgIpc) is 2.92. The van der Waals surface area contributed by atoms with E-state index in [2.05, 4.69) is 10.1 Å². The summed E-state index contributed by atoms with van der Waals surface area (Å²) in [6.45, 7) is 2.50. The van der Waals surface area contributed by atoms with E-state index in [1.54, 1.807) is 4.68 Å². The van der Waals surface area contributed by atoms with Gasteiger partial charge in [0.1, 0.15) is 24.2 Å². The molecule has 1 N–H and O–H groups in total. The molecule has 2 rings (SSSR count). The van der Waals surface area contributed by atoms with Crippen LogP contribution in [0.5, 0.6) is 5.75 Å². The van der Waals surface area contributed by atoms with Crippen molar-refractivity contribution in [2.24, 2.45) is 0 Å². The number of non-ortho nitro benzene ring substituents is 1. The number of benzene rings is 1. The Kier molecular flexibility index (Phi) is 4.12. The maximum absolute atomic E-state index is 11.1. The fraction of sp³-hybridized carbons (Fsp3) is 0.250. The Morgan fingerprint density at radius 1 is 1.52 bits per heavy atom. The molecule has 0 amide bonds. The minimum absolute atomic E-state index is 0.0198. The molecule has 2 aromatic rings. The minimum Gasteiger partial charge on any atom is -0.485 e. The quantitative estimate of drug-likeness (QED) is 0.632. The molecule has 0 fully saturated rings. The number of nitro benzene ring substituents is 1. The van der Waals surface area contributed by atoms with Crippen molar-refractivity contribution in [1.82, 2.24) is 14.8 Å². The number of aromatic carboxylic acids is 1. The number of nitro groups is 1. The molecular formula is C12H12N4O5. The van der Waals surface area contributed by atoms with Crippen molar-refractivity contribution >= 4 is 11.7 Å². The molecule has 0 bridgehead atoms. The summed E-state index contributed by atoms with van der Waals surface area (Å²) in [4.78, 5) is 25.1. The Hall–Kier alpha value is -2.97. The third-order valence-corrected chi connectivity index (χ3v) is 2.76. The summed E-state index contributed by atoms with van der Waals surface area (Å²) >= 11 is 0. The lowest BCUT2D eigenvalue weighted by atomic mass is 10.2. The van der Waals surface area contributed by atoms with Gasteiger partial charge in [0.05, 0.1) is 4.92 Å². The number of ether oxygens (including phenoxy) is 1. The maximum Gasteiger partial charge on any atom is 0.339 e. The molecule has 0 aliphatic rings. The second kappa shape index (κ2) is 5.99. The van der Waals surface area contributed by atoms with Crippen molar-refractivity contribution in [3.05, 3.63) is 46.0 Å². The highest BCUT2D eigenvalue weighted by molar-refractivity contribution is 5.91. The van der Waals surface area contributed by atoms with Gasteiger partial charge in [-0.25, -0.2) is 14.5 Å². The second-order valence-electron chi connectivity index (χ2n) is 4.02. The van der Waals surface area contributed by atoms with Crippen LogP contribution >= 0.6 is 0 Å². The van der Waals surface area contributed by atoms with E-state index >= 15 is 0 Å². The summed E-state index contributed by atoms with van der Waals surface area (Å²) in [5.74, 6) is -0.725. The lowest BCUT2D eigenvalue weighted by molar-refractivity contribution is -0.384. The van der Waals surface area contributed by atoms with Crippen LogP contribution < -0.4 is 4.74 Å². The van der Waals surface area contributed by atoms with Gasteiger partial charge < -0.3 is 9.84 Å². The normalized spacial score (nSPS) is 10.3. The lowest BCUT2D eigenvalue weighted by Crippen LogP contribution is -2.09. The van der Waals surface area contributed by atoms with Gasteiger partial charge in [0, 0.05) is 18.7 Å². The van der Waals surface area contributed by atoms with Gasteiger partial charge in [-0.2, -0.15) is 5.10 Å². The number of aromatic nitrogens is 3. The van der Waals surface area contributed by atoms with Crippen LogP contribution in [0.1, 0.15) is 23.1 Å². The zero-order chi connectivity index (χ0) is 15.4. The van der Waals surface area contributed by atoms with E-state index in [9.17, 15) is 14.9 Å². The molecule has 9 heteroatoms. The molecule has 0 atom stereocenters. The van der Waals surface area contributed by atoms with Crippen LogP contribution in [0.4, 0.5) is 5.69 Å². The number of rotatable bonds is 6. The highest BCUT2D eigenvalue weighted by Gasteiger charge is 2.17. The topological polar surface area (TPSA) is 120 Å². The first-order valence-corrected chi connectivity index (χ1v) is 6.04. The summed E-state index contributed by atoms with van der Waals surface area (Å²) in [6.07, 6.45) is 1.37.